The van der Waals surface area contributed by atoms with Gasteiger partial charge in [0.25, 0.3) is 0 Å². The highest BCUT2D eigenvalue weighted by atomic mass is 19.1. The standard InChI is InChI=1S/C25H26FNO/c1-18-24(20-11-7-4-8-12-20)27(2)23(19-9-5-3-6-10-19)17-25(18,28)21-13-15-22(26)16-14-21/h3-16,18,23-24,28H,17H2,1-2H3/t18-,23-,24-,25+/m1/s1. The van der Waals surface area contributed by atoms with Crippen LogP contribution in [-0.2, 0) is 5.60 Å². The van der Waals surface area contributed by atoms with Crippen molar-refractivity contribution in [3.63, 3.8) is 0 Å². The van der Waals surface area contributed by atoms with Crippen LogP contribution in [0.4, 0.5) is 4.39 Å². The van der Waals surface area contributed by atoms with Crippen LogP contribution in [0, 0.1) is 11.7 Å². The maximum atomic E-state index is 13.5. The molecule has 4 rings (SSSR count). The molecular formula is C25H26FNO. The lowest BCUT2D eigenvalue weighted by Gasteiger charge is -2.52. The molecular weight excluding hydrogens is 349 g/mol. The van der Waals surface area contributed by atoms with Crippen molar-refractivity contribution in [2.75, 3.05) is 7.05 Å². The minimum atomic E-state index is -1.05. The Hall–Kier alpha value is -2.49. The maximum Gasteiger partial charge on any atom is 0.123 e. The van der Waals surface area contributed by atoms with Crippen molar-refractivity contribution in [1.29, 1.82) is 0 Å². The molecule has 3 heteroatoms. The number of halogens is 1. The van der Waals surface area contributed by atoms with Gasteiger partial charge < -0.3 is 5.11 Å². The Morgan fingerprint density at radius 2 is 1.39 bits per heavy atom. The zero-order chi connectivity index (χ0) is 19.7. The molecule has 1 heterocycles. The van der Waals surface area contributed by atoms with E-state index in [1.165, 1.54) is 23.3 Å². The number of hydrogen-bond donors (Lipinski definition) is 1. The lowest BCUT2D eigenvalue weighted by atomic mass is 9.68. The number of rotatable bonds is 3. The van der Waals surface area contributed by atoms with Crippen LogP contribution in [0.5, 0.6) is 0 Å². The van der Waals surface area contributed by atoms with Crippen molar-refractivity contribution >= 4 is 0 Å². The molecule has 28 heavy (non-hydrogen) atoms. The van der Waals surface area contributed by atoms with E-state index in [4.69, 9.17) is 0 Å². The van der Waals surface area contributed by atoms with Crippen LogP contribution in [0.15, 0.2) is 84.9 Å². The van der Waals surface area contributed by atoms with Gasteiger partial charge in [-0.25, -0.2) is 4.39 Å². The highest BCUT2D eigenvalue weighted by molar-refractivity contribution is 5.32. The smallest absolute Gasteiger partial charge is 0.123 e. The lowest BCUT2D eigenvalue weighted by molar-refractivity contribution is -0.120. The van der Waals surface area contributed by atoms with Crippen molar-refractivity contribution < 1.29 is 9.50 Å². The predicted molar refractivity (Wildman–Crippen MR) is 110 cm³/mol. The molecule has 3 aromatic carbocycles. The zero-order valence-corrected chi connectivity index (χ0v) is 16.3. The van der Waals surface area contributed by atoms with Gasteiger partial charge in [-0.05, 0) is 35.9 Å². The number of benzene rings is 3. The number of hydrogen-bond acceptors (Lipinski definition) is 2. The molecule has 1 fully saturated rings. The van der Waals surface area contributed by atoms with Gasteiger partial charge in [-0.1, -0.05) is 79.7 Å². The topological polar surface area (TPSA) is 23.5 Å². The number of piperidine rings is 1. The summed E-state index contributed by atoms with van der Waals surface area (Å²) >= 11 is 0. The van der Waals surface area contributed by atoms with Gasteiger partial charge in [-0.15, -0.1) is 0 Å². The van der Waals surface area contributed by atoms with Crippen molar-refractivity contribution in [3.8, 4) is 0 Å². The SMILES string of the molecule is C[C@@H]1[C@H](c2ccccc2)N(C)[C@@H](c2ccccc2)C[C@@]1(O)c1ccc(F)cc1. The van der Waals surface area contributed by atoms with E-state index in [-0.39, 0.29) is 23.8 Å². The van der Waals surface area contributed by atoms with Crippen LogP contribution in [0.25, 0.3) is 0 Å². The normalized spacial score (nSPS) is 28.2. The largest absolute Gasteiger partial charge is 0.385 e. The third-order valence-corrected chi connectivity index (χ3v) is 6.33. The quantitative estimate of drug-likeness (QED) is 0.656. The Bertz CT molecular complexity index is 912. The summed E-state index contributed by atoms with van der Waals surface area (Å²) < 4.78 is 13.5. The van der Waals surface area contributed by atoms with Crippen molar-refractivity contribution in [1.82, 2.24) is 4.90 Å². The molecule has 144 valence electrons. The maximum absolute atomic E-state index is 13.5. The second kappa shape index (κ2) is 7.50. The van der Waals surface area contributed by atoms with Crippen LogP contribution in [0.2, 0.25) is 0 Å². The van der Waals surface area contributed by atoms with Gasteiger partial charge in [0.1, 0.15) is 5.82 Å². The average Bonchev–Trinajstić information content (AvgIpc) is 2.73. The molecule has 1 aliphatic rings. The van der Waals surface area contributed by atoms with Gasteiger partial charge in [0.15, 0.2) is 0 Å². The zero-order valence-electron chi connectivity index (χ0n) is 16.3. The molecule has 1 N–H and O–H groups in total. The summed E-state index contributed by atoms with van der Waals surface area (Å²) in [6.07, 6.45) is 0.559. The van der Waals surface area contributed by atoms with Crippen LogP contribution in [0.1, 0.15) is 42.1 Å². The Balaban J connectivity index is 1.83. The Morgan fingerprint density at radius 1 is 0.857 bits per heavy atom. The summed E-state index contributed by atoms with van der Waals surface area (Å²) in [5.74, 6) is -0.350. The first-order chi connectivity index (χ1) is 13.5. The third-order valence-electron chi connectivity index (χ3n) is 6.33. The summed E-state index contributed by atoms with van der Waals surface area (Å²) in [5, 5.41) is 11.9. The first-order valence-corrected chi connectivity index (χ1v) is 9.81. The number of likely N-dealkylation sites (tertiary alicyclic amines) is 1. The molecule has 0 radical (unpaired) electrons. The fourth-order valence-corrected chi connectivity index (χ4v) is 4.75. The second-order valence-electron chi connectivity index (χ2n) is 7.87. The van der Waals surface area contributed by atoms with E-state index in [0.29, 0.717) is 6.42 Å². The Kier molecular flexibility index (Phi) is 5.05. The van der Waals surface area contributed by atoms with Crippen molar-refractivity contribution in [3.05, 3.63) is 107 Å². The predicted octanol–water partition coefficient (Wildman–Crippen LogP) is 5.47. The van der Waals surface area contributed by atoms with Gasteiger partial charge in [-0.3, -0.25) is 4.90 Å². The van der Waals surface area contributed by atoms with Crippen LogP contribution in [0.3, 0.4) is 0 Å². The summed E-state index contributed by atoms with van der Waals surface area (Å²) in [6, 6.07) is 27.1. The summed E-state index contributed by atoms with van der Waals surface area (Å²) in [5.41, 5.74) is 2.08. The van der Waals surface area contributed by atoms with Crippen LogP contribution >= 0.6 is 0 Å². The molecule has 0 saturated carbocycles. The third kappa shape index (κ3) is 3.25. The summed E-state index contributed by atoms with van der Waals surface area (Å²) in [4.78, 5) is 2.37. The Morgan fingerprint density at radius 3 is 1.96 bits per heavy atom. The molecule has 0 unspecified atom stereocenters. The highest BCUT2D eigenvalue weighted by Crippen LogP contribution is 2.52. The number of aliphatic hydroxyl groups is 1. The highest BCUT2D eigenvalue weighted by Gasteiger charge is 2.49. The van der Waals surface area contributed by atoms with E-state index in [0.717, 1.165) is 5.56 Å². The van der Waals surface area contributed by atoms with E-state index < -0.39 is 5.60 Å². The Labute approximate surface area is 166 Å². The monoisotopic (exact) mass is 375 g/mol. The molecule has 4 atom stereocenters. The molecule has 3 aromatic rings. The van der Waals surface area contributed by atoms with E-state index in [2.05, 4.69) is 43.1 Å². The molecule has 0 bridgehead atoms. The second-order valence-corrected chi connectivity index (χ2v) is 7.87. The first kappa shape index (κ1) is 18.9. The summed E-state index contributed by atoms with van der Waals surface area (Å²) in [7, 11) is 2.13. The van der Waals surface area contributed by atoms with E-state index >= 15 is 0 Å². The van der Waals surface area contributed by atoms with E-state index in [1.54, 1.807) is 12.1 Å². The molecule has 1 aliphatic heterocycles. The van der Waals surface area contributed by atoms with E-state index in [9.17, 15) is 9.50 Å². The fourth-order valence-electron chi connectivity index (χ4n) is 4.75. The first-order valence-electron chi connectivity index (χ1n) is 9.81. The molecule has 0 aliphatic carbocycles. The van der Waals surface area contributed by atoms with Gasteiger partial charge in [0, 0.05) is 24.4 Å². The van der Waals surface area contributed by atoms with Gasteiger partial charge in [0.05, 0.1) is 5.60 Å². The summed E-state index contributed by atoms with van der Waals surface area (Å²) in [6.45, 7) is 2.10. The average molecular weight is 375 g/mol. The molecule has 0 amide bonds. The van der Waals surface area contributed by atoms with Gasteiger partial charge >= 0.3 is 0 Å². The lowest BCUT2D eigenvalue weighted by Crippen LogP contribution is -2.50. The molecule has 0 spiro atoms. The molecule has 2 nitrogen and oxygen atoms in total. The fraction of sp³-hybridized carbons (Fsp3) is 0.280. The molecule has 1 saturated heterocycles. The van der Waals surface area contributed by atoms with Crippen LogP contribution in [-0.4, -0.2) is 17.1 Å². The van der Waals surface area contributed by atoms with Crippen molar-refractivity contribution in [2.45, 2.75) is 31.0 Å². The minimum Gasteiger partial charge on any atom is -0.385 e. The van der Waals surface area contributed by atoms with Crippen LogP contribution < -0.4 is 0 Å². The van der Waals surface area contributed by atoms with Gasteiger partial charge in [0.2, 0.25) is 0 Å². The number of nitrogens with zero attached hydrogens (tertiary/aromatic N) is 1. The van der Waals surface area contributed by atoms with E-state index in [1.807, 2.05) is 36.4 Å². The van der Waals surface area contributed by atoms with Gasteiger partial charge in [-0.2, -0.15) is 0 Å². The minimum absolute atomic E-state index is 0.0372. The molecule has 0 aromatic heterocycles. The van der Waals surface area contributed by atoms with Crippen molar-refractivity contribution in [2.24, 2.45) is 5.92 Å².